The van der Waals surface area contributed by atoms with E-state index < -0.39 is 0 Å². The van der Waals surface area contributed by atoms with Gasteiger partial charge in [-0.15, -0.1) is 24.0 Å². The maximum absolute atomic E-state index is 5.42. The second-order valence-corrected chi connectivity index (χ2v) is 7.54. The van der Waals surface area contributed by atoms with Crippen LogP contribution in [0, 0.1) is 0 Å². The molecule has 2 rings (SSSR count). The standard InChI is InChI=1S/C21H37N5O.HI/c1-17(2)26(18(3)4)11-10-23-21(22-5)24-16-19-6-8-20(9-7-19)25-12-14-27-15-13-25;/h6-9,17-18H,10-16H2,1-5H3,(H2,22,23,24);1H. The van der Waals surface area contributed by atoms with Crippen LogP contribution in [0.5, 0.6) is 0 Å². The maximum atomic E-state index is 5.42. The summed E-state index contributed by atoms with van der Waals surface area (Å²) in [5, 5.41) is 6.82. The van der Waals surface area contributed by atoms with E-state index in [-0.39, 0.29) is 24.0 Å². The van der Waals surface area contributed by atoms with E-state index in [1.807, 2.05) is 7.05 Å². The van der Waals surface area contributed by atoms with Gasteiger partial charge in [0, 0.05) is 57.5 Å². The molecule has 28 heavy (non-hydrogen) atoms. The van der Waals surface area contributed by atoms with E-state index >= 15 is 0 Å². The molecular weight excluding hydrogens is 465 g/mol. The summed E-state index contributed by atoms with van der Waals surface area (Å²) in [5.74, 6) is 0.847. The summed E-state index contributed by atoms with van der Waals surface area (Å²) >= 11 is 0. The molecule has 0 spiro atoms. The molecule has 1 heterocycles. The van der Waals surface area contributed by atoms with Crippen molar-refractivity contribution in [3.63, 3.8) is 0 Å². The highest BCUT2D eigenvalue weighted by Gasteiger charge is 2.13. The second-order valence-electron chi connectivity index (χ2n) is 7.54. The van der Waals surface area contributed by atoms with Crippen LogP contribution in [0.25, 0.3) is 0 Å². The minimum Gasteiger partial charge on any atom is -0.378 e. The Labute approximate surface area is 188 Å². The number of nitrogens with one attached hydrogen (secondary N) is 2. The van der Waals surface area contributed by atoms with Crippen molar-refractivity contribution in [2.75, 3.05) is 51.3 Å². The number of hydrogen-bond donors (Lipinski definition) is 2. The summed E-state index contributed by atoms with van der Waals surface area (Å²) in [5.41, 5.74) is 2.52. The zero-order valence-electron chi connectivity index (χ0n) is 18.1. The molecule has 160 valence electrons. The van der Waals surface area contributed by atoms with Gasteiger partial charge >= 0.3 is 0 Å². The Balaban J connectivity index is 0.00000392. The molecule has 1 saturated heterocycles. The van der Waals surface area contributed by atoms with Gasteiger partial charge in [-0.1, -0.05) is 12.1 Å². The molecule has 1 fully saturated rings. The van der Waals surface area contributed by atoms with Crippen LogP contribution in [0.2, 0.25) is 0 Å². The number of guanidine groups is 1. The van der Waals surface area contributed by atoms with Crippen LogP contribution in [0.4, 0.5) is 5.69 Å². The van der Waals surface area contributed by atoms with E-state index in [2.05, 4.69) is 77.4 Å². The molecule has 2 N–H and O–H groups in total. The number of anilines is 1. The molecule has 0 saturated carbocycles. The first-order valence-electron chi connectivity index (χ1n) is 10.1. The van der Waals surface area contributed by atoms with Gasteiger partial charge in [-0.2, -0.15) is 0 Å². The minimum atomic E-state index is 0. The van der Waals surface area contributed by atoms with Gasteiger partial charge in [0.2, 0.25) is 0 Å². The maximum Gasteiger partial charge on any atom is 0.191 e. The van der Waals surface area contributed by atoms with Gasteiger partial charge in [-0.05, 0) is 45.4 Å². The zero-order chi connectivity index (χ0) is 19.6. The molecule has 1 aliphatic rings. The number of nitrogens with zero attached hydrogens (tertiary/aromatic N) is 3. The van der Waals surface area contributed by atoms with Crippen molar-refractivity contribution in [1.29, 1.82) is 0 Å². The van der Waals surface area contributed by atoms with E-state index in [1.54, 1.807) is 0 Å². The zero-order valence-corrected chi connectivity index (χ0v) is 20.4. The molecule has 0 aliphatic carbocycles. The van der Waals surface area contributed by atoms with Crippen LogP contribution in [0.3, 0.4) is 0 Å². The number of hydrogen-bond acceptors (Lipinski definition) is 4. The van der Waals surface area contributed by atoms with E-state index in [4.69, 9.17) is 4.74 Å². The molecular formula is C21H38IN5O. The van der Waals surface area contributed by atoms with Gasteiger partial charge in [-0.3, -0.25) is 9.89 Å². The van der Waals surface area contributed by atoms with Crippen molar-refractivity contribution in [3.05, 3.63) is 29.8 Å². The normalized spacial score (nSPS) is 15.1. The lowest BCUT2D eigenvalue weighted by molar-refractivity contribution is 0.122. The fourth-order valence-corrected chi connectivity index (χ4v) is 3.47. The third kappa shape index (κ3) is 8.13. The van der Waals surface area contributed by atoms with Crippen molar-refractivity contribution >= 4 is 35.6 Å². The topological polar surface area (TPSA) is 52.1 Å². The number of rotatable bonds is 8. The van der Waals surface area contributed by atoms with Crippen LogP contribution < -0.4 is 15.5 Å². The van der Waals surface area contributed by atoms with Gasteiger partial charge < -0.3 is 20.3 Å². The van der Waals surface area contributed by atoms with Crippen molar-refractivity contribution in [2.24, 2.45) is 4.99 Å². The first-order chi connectivity index (χ1) is 13.0. The largest absolute Gasteiger partial charge is 0.378 e. The highest BCUT2D eigenvalue weighted by Crippen LogP contribution is 2.16. The molecule has 1 aliphatic heterocycles. The van der Waals surface area contributed by atoms with Crippen molar-refractivity contribution in [1.82, 2.24) is 15.5 Å². The number of benzene rings is 1. The third-order valence-electron chi connectivity index (χ3n) is 4.99. The summed E-state index contributed by atoms with van der Waals surface area (Å²) in [4.78, 5) is 9.18. The average molecular weight is 503 g/mol. The number of morpholine rings is 1. The Kier molecular flexibility index (Phi) is 11.8. The SMILES string of the molecule is CN=C(NCCN(C(C)C)C(C)C)NCc1ccc(N2CCOCC2)cc1.I. The van der Waals surface area contributed by atoms with Crippen molar-refractivity contribution < 1.29 is 4.74 Å². The van der Waals surface area contributed by atoms with Crippen molar-refractivity contribution in [2.45, 2.75) is 46.3 Å². The van der Waals surface area contributed by atoms with E-state index in [0.717, 1.165) is 51.9 Å². The van der Waals surface area contributed by atoms with Crippen molar-refractivity contribution in [3.8, 4) is 0 Å². The number of aliphatic imine (C=N–C) groups is 1. The molecule has 1 aromatic carbocycles. The third-order valence-corrected chi connectivity index (χ3v) is 4.99. The Morgan fingerprint density at radius 2 is 1.68 bits per heavy atom. The van der Waals surface area contributed by atoms with Gasteiger partial charge in [0.05, 0.1) is 13.2 Å². The monoisotopic (exact) mass is 503 g/mol. The summed E-state index contributed by atoms with van der Waals surface area (Å²) in [6.07, 6.45) is 0. The van der Waals surface area contributed by atoms with Crippen LogP contribution in [0.15, 0.2) is 29.3 Å². The Bertz CT molecular complexity index is 563. The molecule has 1 aromatic rings. The van der Waals surface area contributed by atoms with Gasteiger partial charge in [0.15, 0.2) is 5.96 Å². The Morgan fingerprint density at radius 1 is 1.07 bits per heavy atom. The fraction of sp³-hybridized carbons (Fsp3) is 0.667. The van der Waals surface area contributed by atoms with E-state index in [0.29, 0.717) is 12.1 Å². The summed E-state index contributed by atoms with van der Waals surface area (Å²) in [6, 6.07) is 9.86. The lowest BCUT2D eigenvalue weighted by Gasteiger charge is -2.30. The lowest BCUT2D eigenvalue weighted by Crippen LogP contribution is -2.45. The fourth-order valence-electron chi connectivity index (χ4n) is 3.47. The first-order valence-corrected chi connectivity index (χ1v) is 10.1. The summed E-state index contributed by atoms with van der Waals surface area (Å²) < 4.78 is 5.42. The molecule has 7 heteroatoms. The highest BCUT2D eigenvalue weighted by atomic mass is 127. The highest BCUT2D eigenvalue weighted by molar-refractivity contribution is 14.0. The van der Waals surface area contributed by atoms with Crippen LogP contribution in [-0.4, -0.2) is 69.4 Å². The Hall–Kier alpha value is -1.06. The van der Waals surface area contributed by atoms with Crippen LogP contribution >= 0.6 is 24.0 Å². The van der Waals surface area contributed by atoms with Gasteiger partial charge in [0.25, 0.3) is 0 Å². The average Bonchev–Trinajstić information content (AvgIpc) is 2.68. The molecule has 0 aromatic heterocycles. The number of ether oxygens (including phenoxy) is 1. The predicted molar refractivity (Wildman–Crippen MR) is 130 cm³/mol. The lowest BCUT2D eigenvalue weighted by atomic mass is 10.2. The quantitative estimate of drug-likeness (QED) is 0.325. The molecule has 0 radical (unpaired) electrons. The number of halogens is 1. The Morgan fingerprint density at radius 3 is 2.21 bits per heavy atom. The van der Waals surface area contributed by atoms with Crippen LogP contribution in [0.1, 0.15) is 33.3 Å². The van der Waals surface area contributed by atoms with Crippen LogP contribution in [-0.2, 0) is 11.3 Å². The molecule has 0 bridgehead atoms. The van der Waals surface area contributed by atoms with Gasteiger partial charge in [0.1, 0.15) is 0 Å². The molecule has 6 nitrogen and oxygen atoms in total. The first kappa shape index (κ1) is 25.0. The van der Waals surface area contributed by atoms with Gasteiger partial charge in [-0.25, -0.2) is 0 Å². The molecule has 0 unspecified atom stereocenters. The van der Waals surface area contributed by atoms with E-state index in [9.17, 15) is 0 Å². The second kappa shape index (κ2) is 13.2. The summed E-state index contributed by atoms with van der Waals surface area (Å²) in [7, 11) is 1.82. The predicted octanol–water partition coefficient (Wildman–Crippen LogP) is 2.93. The smallest absolute Gasteiger partial charge is 0.191 e. The molecule has 0 amide bonds. The minimum absolute atomic E-state index is 0. The van der Waals surface area contributed by atoms with E-state index in [1.165, 1.54) is 11.3 Å². The summed E-state index contributed by atoms with van der Waals surface area (Å²) in [6.45, 7) is 15.2. The molecule has 0 atom stereocenters.